The molecule has 0 saturated heterocycles. The third kappa shape index (κ3) is 2.77. The number of para-hydroxylation sites is 1. The number of aromatic nitrogens is 2. The van der Waals surface area contributed by atoms with Gasteiger partial charge in [-0.05, 0) is 12.1 Å². The number of carbonyl (C=O) groups is 1. The summed E-state index contributed by atoms with van der Waals surface area (Å²) >= 11 is 0. The Morgan fingerprint density at radius 2 is 1.90 bits per heavy atom. The van der Waals surface area contributed by atoms with Gasteiger partial charge in [0.25, 0.3) is 5.56 Å². The third-order valence-electron chi connectivity index (χ3n) is 2.72. The van der Waals surface area contributed by atoms with E-state index in [0.717, 1.165) is 9.13 Å². The molecule has 0 bridgehead atoms. The SMILES string of the molecule is Cn1cc(N)c(=O)n(CC(=O)Nc2ccccc2)c1=O. The van der Waals surface area contributed by atoms with Crippen LogP contribution in [0.4, 0.5) is 11.4 Å². The van der Waals surface area contributed by atoms with Crippen LogP contribution in [-0.2, 0) is 18.4 Å². The smallest absolute Gasteiger partial charge is 0.331 e. The van der Waals surface area contributed by atoms with Crippen molar-refractivity contribution in [1.29, 1.82) is 0 Å². The van der Waals surface area contributed by atoms with E-state index in [4.69, 9.17) is 5.73 Å². The number of nitrogen functional groups attached to an aromatic ring is 1. The first-order valence-electron chi connectivity index (χ1n) is 5.90. The van der Waals surface area contributed by atoms with E-state index in [9.17, 15) is 14.4 Å². The molecular weight excluding hydrogens is 260 g/mol. The number of nitrogens with one attached hydrogen (secondary N) is 1. The van der Waals surface area contributed by atoms with Gasteiger partial charge in [-0.2, -0.15) is 0 Å². The number of anilines is 2. The number of aryl methyl sites for hydroxylation is 1. The summed E-state index contributed by atoms with van der Waals surface area (Å²) in [6.07, 6.45) is 1.23. The zero-order valence-corrected chi connectivity index (χ0v) is 10.9. The Labute approximate surface area is 114 Å². The van der Waals surface area contributed by atoms with Crippen LogP contribution in [0.1, 0.15) is 0 Å². The van der Waals surface area contributed by atoms with Gasteiger partial charge in [0.1, 0.15) is 12.2 Å². The molecule has 7 heteroatoms. The topological polar surface area (TPSA) is 99.1 Å². The maximum absolute atomic E-state index is 11.8. The summed E-state index contributed by atoms with van der Waals surface area (Å²) in [5, 5.41) is 2.60. The minimum absolute atomic E-state index is 0.0837. The number of carbonyl (C=O) groups excluding carboxylic acids is 1. The number of amides is 1. The molecule has 2 rings (SSSR count). The van der Waals surface area contributed by atoms with Crippen molar-refractivity contribution in [2.24, 2.45) is 7.05 Å². The summed E-state index contributed by atoms with van der Waals surface area (Å²) in [7, 11) is 1.46. The van der Waals surface area contributed by atoms with Crippen molar-refractivity contribution in [2.75, 3.05) is 11.1 Å². The molecule has 1 aromatic heterocycles. The quantitative estimate of drug-likeness (QED) is 0.807. The van der Waals surface area contributed by atoms with Crippen LogP contribution in [0.2, 0.25) is 0 Å². The number of nitrogens with two attached hydrogens (primary N) is 1. The monoisotopic (exact) mass is 274 g/mol. The van der Waals surface area contributed by atoms with Gasteiger partial charge < -0.3 is 15.6 Å². The van der Waals surface area contributed by atoms with Crippen LogP contribution >= 0.6 is 0 Å². The highest BCUT2D eigenvalue weighted by Gasteiger charge is 2.11. The molecule has 7 nitrogen and oxygen atoms in total. The molecule has 2 aromatic rings. The molecule has 0 aliphatic carbocycles. The molecule has 0 atom stereocenters. The molecule has 1 aromatic carbocycles. The fourth-order valence-electron chi connectivity index (χ4n) is 1.76. The number of hydrogen-bond acceptors (Lipinski definition) is 4. The Hall–Kier alpha value is -2.83. The number of benzene rings is 1. The molecule has 0 spiro atoms. The Morgan fingerprint density at radius 3 is 2.55 bits per heavy atom. The van der Waals surface area contributed by atoms with Gasteiger partial charge in [-0.1, -0.05) is 18.2 Å². The van der Waals surface area contributed by atoms with E-state index in [1.54, 1.807) is 24.3 Å². The van der Waals surface area contributed by atoms with Crippen LogP contribution in [0.25, 0.3) is 0 Å². The van der Waals surface area contributed by atoms with Gasteiger partial charge in [-0.25, -0.2) is 9.36 Å². The van der Waals surface area contributed by atoms with Gasteiger partial charge in [0.15, 0.2) is 0 Å². The molecule has 104 valence electrons. The minimum atomic E-state index is -0.670. The van der Waals surface area contributed by atoms with Gasteiger partial charge >= 0.3 is 5.69 Å². The van der Waals surface area contributed by atoms with Crippen molar-refractivity contribution in [3.63, 3.8) is 0 Å². The lowest BCUT2D eigenvalue weighted by atomic mass is 10.3. The van der Waals surface area contributed by atoms with E-state index >= 15 is 0 Å². The molecule has 0 aliphatic heterocycles. The highest BCUT2D eigenvalue weighted by atomic mass is 16.2. The molecule has 0 unspecified atom stereocenters. The summed E-state index contributed by atoms with van der Waals surface area (Å²) in [5.74, 6) is -0.471. The van der Waals surface area contributed by atoms with Crippen molar-refractivity contribution >= 4 is 17.3 Å². The molecule has 0 fully saturated rings. The average molecular weight is 274 g/mol. The van der Waals surface area contributed by atoms with E-state index in [1.165, 1.54) is 13.2 Å². The Bertz CT molecular complexity index is 712. The Balaban J connectivity index is 2.25. The second kappa shape index (κ2) is 5.43. The summed E-state index contributed by atoms with van der Waals surface area (Å²) in [6, 6.07) is 8.76. The van der Waals surface area contributed by atoms with Crippen LogP contribution < -0.4 is 22.3 Å². The van der Waals surface area contributed by atoms with Gasteiger partial charge in [-0.3, -0.25) is 9.59 Å². The third-order valence-corrected chi connectivity index (χ3v) is 2.72. The zero-order valence-electron chi connectivity index (χ0n) is 10.9. The van der Waals surface area contributed by atoms with Gasteiger partial charge in [0.2, 0.25) is 5.91 Å². The summed E-state index contributed by atoms with van der Waals surface area (Å²) in [6.45, 7) is -0.383. The molecule has 0 aliphatic rings. The van der Waals surface area contributed by atoms with Crippen LogP contribution in [-0.4, -0.2) is 15.0 Å². The van der Waals surface area contributed by atoms with Crippen molar-refractivity contribution in [2.45, 2.75) is 6.54 Å². The lowest BCUT2D eigenvalue weighted by Gasteiger charge is -2.09. The van der Waals surface area contributed by atoms with E-state index in [1.807, 2.05) is 6.07 Å². The summed E-state index contributed by atoms with van der Waals surface area (Å²) in [4.78, 5) is 35.4. The largest absolute Gasteiger partial charge is 0.393 e. The van der Waals surface area contributed by atoms with Crippen molar-refractivity contribution in [1.82, 2.24) is 9.13 Å². The van der Waals surface area contributed by atoms with Gasteiger partial charge in [0, 0.05) is 18.9 Å². The standard InChI is InChI=1S/C13H14N4O3/c1-16-7-10(14)12(19)17(13(16)20)8-11(18)15-9-5-3-2-4-6-9/h2-7H,8,14H2,1H3,(H,15,18). The molecule has 3 N–H and O–H groups in total. The highest BCUT2D eigenvalue weighted by Crippen LogP contribution is 2.04. The van der Waals surface area contributed by atoms with Crippen LogP contribution in [0.15, 0.2) is 46.1 Å². The first kappa shape index (κ1) is 13.6. The Morgan fingerprint density at radius 1 is 1.25 bits per heavy atom. The summed E-state index contributed by atoms with van der Waals surface area (Å²) < 4.78 is 1.96. The zero-order chi connectivity index (χ0) is 14.7. The molecule has 20 heavy (non-hydrogen) atoms. The predicted molar refractivity (Wildman–Crippen MR) is 75.4 cm³/mol. The second-order valence-electron chi connectivity index (χ2n) is 4.28. The maximum atomic E-state index is 11.8. The van der Waals surface area contributed by atoms with Crippen molar-refractivity contribution in [3.8, 4) is 0 Å². The lowest BCUT2D eigenvalue weighted by Crippen LogP contribution is -2.42. The molecule has 1 amide bonds. The maximum Gasteiger partial charge on any atom is 0.331 e. The normalized spacial score (nSPS) is 10.2. The predicted octanol–water partition coefficient (Wildman–Crippen LogP) is -0.232. The molecule has 1 heterocycles. The lowest BCUT2D eigenvalue weighted by molar-refractivity contribution is -0.116. The second-order valence-corrected chi connectivity index (χ2v) is 4.28. The van der Waals surface area contributed by atoms with E-state index in [0.29, 0.717) is 5.69 Å². The van der Waals surface area contributed by atoms with Crippen LogP contribution in [0, 0.1) is 0 Å². The summed E-state index contributed by atoms with van der Waals surface area (Å²) in [5.41, 5.74) is 4.74. The van der Waals surface area contributed by atoms with Gasteiger partial charge in [0.05, 0.1) is 0 Å². The minimum Gasteiger partial charge on any atom is -0.393 e. The van der Waals surface area contributed by atoms with Crippen molar-refractivity contribution < 1.29 is 4.79 Å². The number of nitrogens with zero attached hydrogens (tertiary/aromatic N) is 2. The molecular formula is C13H14N4O3. The van der Waals surface area contributed by atoms with Crippen LogP contribution in [0.3, 0.4) is 0 Å². The van der Waals surface area contributed by atoms with E-state index in [2.05, 4.69) is 5.32 Å². The highest BCUT2D eigenvalue weighted by molar-refractivity contribution is 5.90. The average Bonchev–Trinajstić information content (AvgIpc) is 2.42. The van der Waals surface area contributed by atoms with Crippen LogP contribution in [0.5, 0.6) is 0 Å². The number of hydrogen-bond donors (Lipinski definition) is 2. The first-order valence-corrected chi connectivity index (χ1v) is 5.90. The molecule has 0 radical (unpaired) electrons. The van der Waals surface area contributed by atoms with E-state index in [-0.39, 0.29) is 12.2 Å². The Kier molecular flexibility index (Phi) is 3.69. The first-order chi connectivity index (χ1) is 9.49. The molecule has 0 saturated carbocycles. The van der Waals surface area contributed by atoms with Crippen molar-refractivity contribution in [3.05, 3.63) is 57.4 Å². The fraction of sp³-hybridized carbons (Fsp3) is 0.154. The fourth-order valence-corrected chi connectivity index (χ4v) is 1.76. The number of rotatable bonds is 3. The van der Waals surface area contributed by atoms with E-state index < -0.39 is 17.2 Å². The van der Waals surface area contributed by atoms with Gasteiger partial charge in [-0.15, -0.1) is 0 Å².